The Morgan fingerprint density at radius 1 is 1.19 bits per heavy atom. The van der Waals surface area contributed by atoms with Gasteiger partial charge in [-0.2, -0.15) is 0 Å². The molecule has 3 nitrogen and oxygen atoms in total. The summed E-state index contributed by atoms with van der Waals surface area (Å²) in [5.41, 5.74) is 7.44. The lowest BCUT2D eigenvalue weighted by Gasteiger charge is -2.22. The predicted molar refractivity (Wildman–Crippen MR) is 90.6 cm³/mol. The fraction of sp³-hybridized carbons (Fsp3) is 0.588. The minimum Gasteiger partial charge on any atom is -0.398 e. The van der Waals surface area contributed by atoms with Crippen molar-refractivity contribution in [3.8, 4) is 0 Å². The van der Waals surface area contributed by atoms with E-state index in [0.29, 0.717) is 17.1 Å². The van der Waals surface area contributed by atoms with E-state index in [-0.39, 0.29) is 5.91 Å². The molecule has 118 valence electrons. The molecule has 0 saturated carbocycles. The number of unbranched alkanes of at least 4 members (excludes halogenated alkanes) is 2. The van der Waals surface area contributed by atoms with Crippen LogP contribution in [0.25, 0.3) is 0 Å². The number of amides is 1. The summed E-state index contributed by atoms with van der Waals surface area (Å²) >= 11 is 5.91. The third-order valence-corrected chi connectivity index (χ3v) is 3.95. The van der Waals surface area contributed by atoms with Crippen LogP contribution in [0, 0.1) is 0 Å². The Bertz CT molecular complexity index is 440. The Kier molecular flexibility index (Phi) is 8.21. The molecule has 0 fully saturated rings. The first-order chi connectivity index (χ1) is 10.1. The molecule has 0 aliphatic rings. The number of anilines is 1. The fourth-order valence-electron chi connectivity index (χ4n) is 2.22. The number of carbonyl (C=O) groups excluding carboxylic acids is 1. The minimum atomic E-state index is 0.241. The van der Waals surface area contributed by atoms with Gasteiger partial charge in [-0.15, -0.1) is 0 Å². The first-order valence-electron chi connectivity index (χ1n) is 7.90. The highest BCUT2D eigenvalue weighted by atomic mass is 35.5. The molecular formula is C17H27ClN2O. The molecule has 1 amide bonds. The lowest BCUT2D eigenvalue weighted by atomic mass is 10.1. The summed E-state index contributed by atoms with van der Waals surface area (Å²) in [6.07, 6.45) is 5.63. The number of halogens is 1. The van der Waals surface area contributed by atoms with Gasteiger partial charge in [0.15, 0.2) is 0 Å². The molecule has 21 heavy (non-hydrogen) atoms. The van der Waals surface area contributed by atoms with Crippen LogP contribution in [0.5, 0.6) is 0 Å². The van der Waals surface area contributed by atoms with Gasteiger partial charge in [0.25, 0.3) is 0 Å². The molecule has 1 aromatic rings. The van der Waals surface area contributed by atoms with E-state index >= 15 is 0 Å². The van der Waals surface area contributed by atoms with Crippen molar-refractivity contribution in [1.29, 1.82) is 0 Å². The maximum Gasteiger partial charge on any atom is 0.222 e. The van der Waals surface area contributed by atoms with Gasteiger partial charge in [-0.3, -0.25) is 4.79 Å². The molecule has 0 bridgehead atoms. The van der Waals surface area contributed by atoms with Gasteiger partial charge < -0.3 is 10.6 Å². The number of carbonyl (C=O) groups is 1. The summed E-state index contributed by atoms with van der Waals surface area (Å²) in [7, 11) is 0. The second-order valence-corrected chi connectivity index (χ2v) is 5.85. The van der Waals surface area contributed by atoms with Gasteiger partial charge in [0.2, 0.25) is 5.91 Å². The summed E-state index contributed by atoms with van der Waals surface area (Å²) in [5, 5.41) is 0.567. The Balaban J connectivity index is 2.53. The summed E-state index contributed by atoms with van der Waals surface area (Å²) in [6.45, 7) is 6.05. The van der Waals surface area contributed by atoms with Crippen LogP contribution in [-0.2, 0) is 11.2 Å². The summed E-state index contributed by atoms with van der Waals surface area (Å²) in [6, 6.07) is 5.59. The van der Waals surface area contributed by atoms with Crippen molar-refractivity contribution in [3.63, 3.8) is 0 Å². The van der Waals surface area contributed by atoms with E-state index in [1.165, 1.54) is 0 Å². The van der Waals surface area contributed by atoms with E-state index in [0.717, 1.165) is 50.8 Å². The average Bonchev–Trinajstić information content (AvgIpc) is 2.48. The van der Waals surface area contributed by atoms with Crippen LogP contribution in [0.2, 0.25) is 5.02 Å². The lowest BCUT2D eigenvalue weighted by molar-refractivity contribution is -0.131. The first kappa shape index (κ1) is 17.8. The maximum atomic E-state index is 12.3. The molecule has 0 heterocycles. The van der Waals surface area contributed by atoms with Crippen LogP contribution in [0.1, 0.15) is 51.5 Å². The first-order valence-corrected chi connectivity index (χ1v) is 8.28. The molecule has 1 aromatic carbocycles. The second kappa shape index (κ2) is 9.67. The smallest absolute Gasteiger partial charge is 0.222 e. The number of aryl methyl sites for hydroxylation is 1. The molecule has 0 aliphatic carbocycles. The molecule has 0 unspecified atom stereocenters. The highest BCUT2D eigenvalue weighted by molar-refractivity contribution is 6.33. The number of benzene rings is 1. The Morgan fingerprint density at radius 3 is 2.33 bits per heavy atom. The van der Waals surface area contributed by atoms with Gasteiger partial charge in [-0.25, -0.2) is 0 Å². The second-order valence-electron chi connectivity index (χ2n) is 5.44. The van der Waals surface area contributed by atoms with Gasteiger partial charge in [-0.1, -0.05) is 44.4 Å². The zero-order chi connectivity index (χ0) is 15.7. The number of nitrogen functional groups attached to an aromatic ring is 1. The number of hydrogen-bond donors (Lipinski definition) is 1. The monoisotopic (exact) mass is 310 g/mol. The lowest BCUT2D eigenvalue weighted by Crippen LogP contribution is -2.33. The Labute approximate surface area is 133 Å². The highest BCUT2D eigenvalue weighted by Gasteiger charge is 2.12. The highest BCUT2D eigenvalue weighted by Crippen LogP contribution is 2.20. The average molecular weight is 311 g/mol. The third-order valence-electron chi connectivity index (χ3n) is 3.60. The molecular weight excluding hydrogens is 284 g/mol. The molecule has 1 rings (SSSR count). The number of nitrogens with zero attached hydrogens (tertiary/aromatic N) is 1. The molecule has 0 radical (unpaired) electrons. The number of nitrogens with two attached hydrogens (primary N) is 1. The SMILES string of the molecule is CCCCN(CCCC)C(=O)CCc1ccc(Cl)c(N)c1. The van der Waals surface area contributed by atoms with Gasteiger partial charge in [0.1, 0.15) is 0 Å². The van der Waals surface area contributed by atoms with Crippen molar-refractivity contribution >= 4 is 23.2 Å². The van der Waals surface area contributed by atoms with Crippen molar-refractivity contribution in [2.45, 2.75) is 52.4 Å². The molecule has 0 atom stereocenters. The maximum absolute atomic E-state index is 12.3. The van der Waals surface area contributed by atoms with E-state index in [2.05, 4.69) is 13.8 Å². The van der Waals surface area contributed by atoms with Gasteiger partial charge in [0.05, 0.1) is 10.7 Å². The molecule has 2 N–H and O–H groups in total. The normalized spacial score (nSPS) is 10.6. The zero-order valence-electron chi connectivity index (χ0n) is 13.2. The van der Waals surface area contributed by atoms with Crippen LogP contribution >= 0.6 is 11.6 Å². The zero-order valence-corrected chi connectivity index (χ0v) is 14.0. The predicted octanol–water partition coefficient (Wildman–Crippen LogP) is 4.28. The molecule has 0 aromatic heterocycles. The van der Waals surface area contributed by atoms with Crippen LogP contribution in [-0.4, -0.2) is 23.9 Å². The van der Waals surface area contributed by atoms with Crippen molar-refractivity contribution < 1.29 is 4.79 Å². The topological polar surface area (TPSA) is 46.3 Å². The van der Waals surface area contributed by atoms with Crippen molar-refractivity contribution in [2.75, 3.05) is 18.8 Å². The van der Waals surface area contributed by atoms with Crippen LogP contribution in [0.3, 0.4) is 0 Å². The molecule has 0 saturated heterocycles. The van der Waals surface area contributed by atoms with Crippen molar-refractivity contribution in [1.82, 2.24) is 4.90 Å². The van der Waals surface area contributed by atoms with E-state index in [4.69, 9.17) is 17.3 Å². The van der Waals surface area contributed by atoms with Crippen molar-refractivity contribution in [3.05, 3.63) is 28.8 Å². The van der Waals surface area contributed by atoms with E-state index in [1.807, 2.05) is 17.0 Å². The fourth-order valence-corrected chi connectivity index (χ4v) is 2.33. The van der Waals surface area contributed by atoms with Gasteiger partial charge in [0, 0.05) is 19.5 Å². The third kappa shape index (κ3) is 6.38. The molecule has 0 aliphatic heterocycles. The van der Waals surface area contributed by atoms with Crippen LogP contribution in [0.4, 0.5) is 5.69 Å². The molecule has 4 heteroatoms. The standard InChI is InChI=1S/C17H27ClN2O/c1-3-5-11-20(12-6-4-2)17(21)10-8-14-7-9-15(18)16(19)13-14/h7,9,13H,3-6,8,10-12,19H2,1-2H3. The van der Waals surface area contributed by atoms with Gasteiger partial charge >= 0.3 is 0 Å². The number of hydrogen-bond acceptors (Lipinski definition) is 2. The Morgan fingerprint density at radius 2 is 1.81 bits per heavy atom. The summed E-state index contributed by atoms with van der Waals surface area (Å²) in [5.74, 6) is 0.241. The van der Waals surface area contributed by atoms with Crippen LogP contribution < -0.4 is 5.73 Å². The summed E-state index contributed by atoms with van der Waals surface area (Å²) < 4.78 is 0. The van der Waals surface area contributed by atoms with E-state index < -0.39 is 0 Å². The Hall–Kier alpha value is -1.22. The van der Waals surface area contributed by atoms with E-state index in [1.54, 1.807) is 6.07 Å². The summed E-state index contributed by atoms with van der Waals surface area (Å²) in [4.78, 5) is 14.4. The van der Waals surface area contributed by atoms with Crippen molar-refractivity contribution in [2.24, 2.45) is 0 Å². The minimum absolute atomic E-state index is 0.241. The van der Waals surface area contributed by atoms with Gasteiger partial charge in [-0.05, 0) is 37.0 Å². The molecule has 0 spiro atoms. The number of rotatable bonds is 9. The largest absolute Gasteiger partial charge is 0.398 e. The quantitative estimate of drug-likeness (QED) is 0.692. The van der Waals surface area contributed by atoms with Crippen LogP contribution in [0.15, 0.2) is 18.2 Å². The van der Waals surface area contributed by atoms with E-state index in [9.17, 15) is 4.79 Å².